The first-order chi connectivity index (χ1) is 5.13. The van der Waals surface area contributed by atoms with Crippen LogP contribution in [0.1, 0.15) is 33.1 Å². The molecule has 2 unspecified atom stereocenters. The monoisotopic (exact) mass is 178 g/mol. The van der Waals surface area contributed by atoms with Crippen LogP contribution in [0.25, 0.3) is 0 Å². The van der Waals surface area contributed by atoms with Gasteiger partial charge in [0, 0.05) is 17.3 Å². The van der Waals surface area contributed by atoms with Gasteiger partial charge in [0.05, 0.1) is 0 Å². The normalized spacial score (nSPS) is 16.8. The van der Waals surface area contributed by atoms with E-state index in [1.807, 2.05) is 6.92 Å². The molecule has 0 N–H and O–H groups in total. The highest BCUT2D eigenvalue weighted by molar-refractivity contribution is 7.76. The fraction of sp³-hybridized carbons (Fsp3) is 1.00. The molecule has 0 aliphatic heterocycles. The molecule has 0 rings (SSSR count). The summed E-state index contributed by atoms with van der Waals surface area (Å²) >= 11 is -2.06. The molecule has 0 aromatic heterocycles. The van der Waals surface area contributed by atoms with Crippen LogP contribution in [0.3, 0.4) is 0 Å². The van der Waals surface area contributed by atoms with E-state index in [-0.39, 0.29) is 6.04 Å². The van der Waals surface area contributed by atoms with Gasteiger partial charge in [-0.3, -0.25) is 4.21 Å². The zero-order valence-corrected chi connectivity index (χ0v) is 8.19. The maximum absolute atomic E-state index is 10.5. The van der Waals surface area contributed by atoms with Crippen molar-refractivity contribution in [2.45, 2.75) is 39.2 Å². The Kier molecular flexibility index (Phi) is 5.72. The van der Waals surface area contributed by atoms with Crippen molar-refractivity contribution in [2.75, 3.05) is 7.05 Å². The molecule has 0 aliphatic carbocycles. The summed E-state index contributed by atoms with van der Waals surface area (Å²) in [5.74, 6) is 0. The predicted molar refractivity (Wildman–Crippen MR) is 45.7 cm³/mol. The number of hydrogen-bond donors (Lipinski definition) is 0. The van der Waals surface area contributed by atoms with Gasteiger partial charge in [-0.25, -0.2) is 4.31 Å². The second-order valence-electron chi connectivity index (χ2n) is 2.61. The molecule has 0 aromatic carbocycles. The first-order valence-electron chi connectivity index (χ1n) is 3.95. The lowest BCUT2D eigenvalue weighted by Crippen LogP contribution is -2.32. The van der Waals surface area contributed by atoms with E-state index in [4.69, 9.17) is 0 Å². The van der Waals surface area contributed by atoms with Gasteiger partial charge in [-0.15, -0.1) is 0 Å². The van der Waals surface area contributed by atoms with Gasteiger partial charge in [-0.1, -0.05) is 20.3 Å². The SMILES string of the molecule is CCCC(CC)N(C)S(=O)[O-]. The van der Waals surface area contributed by atoms with Crippen molar-refractivity contribution < 1.29 is 8.76 Å². The molecule has 0 fully saturated rings. The maximum atomic E-state index is 10.5. The minimum absolute atomic E-state index is 0.179. The Balaban J connectivity index is 3.91. The van der Waals surface area contributed by atoms with Gasteiger partial charge in [0.1, 0.15) is 0 Å². The molecule has 0 aliphatic rings. The van der Waals surface area contributed by atoms with Crippen LogP contribution in [-0.2, 0) is 11.3 Å². The molecule has 0 spiro atoms. The number of hydrogen-bond acceptors (Lipinski definition) is 2. The molecule has 0 saturated heterocycles. The van der Waals surface area contributed by atoms with Crippen LogP contribution in [0.15, 0.2) is 0 Å². The first kappa shape index (κ1) is 11.1. The maximum Gasteiger partial charge on any atom is 0.0209 e. The Morgan fingerprint density at radius 1 is 1.55 bits per heavy atom. The summed E-state index contributed by atoms with van der Waals surface area (Å²) < 4.78 is 22.4. The Morgan fingerprint density at radius 3 is 2.36 bits per heavy atom. The van der Waals surface area contributed by atoms with Crippen molar-refractivity contribution in [2.24, 2.45) is 0 Å². The Bertz CT molecular complexity index is 130. The number of nitrogens with zero attached hydrogens (tertiary/aromatic N) is 1. The van der Waals surface area contributed by atoms with E-state index in [0.717, 1.165) is 19.3 Å². The van der Waals surface area contributed by atoms with Gasteiger partial charge in [-0.05, 0) is 19.9 Å². The minimum Gasteiger partial charge on any atom is -0.760 e. The Hall–Kier alpha value is 0.0700. The average molecular weight is 178 g/mol. The molecule has 0 bridgehead atoms. The van der Waals surface area contributed by atoms with E-state index in [0.29, 0.717) is 0 Å². The summed E-state index contributed by atoms with van der Waals surface area (Å²) in [6, 6.07) is 0.179. The van der Waals surface area contributed by atoms with Crippen molar-refractivity contribution in [1.82, 2.24) is 4.31 Å². The quantitative estimate of drug-likeness (QED) is 0.595. The molecular formula is C7H16NO2S-. The van der Waals surface area contributed by atoms with Gasteiger partial charge in [0.2, 0.25) is 0 Å². The standard InChI is InChI=1S/C7H17NO2S/c1-4-6-7(5-2)8(3)11(9)10/h7H,4-6H2,1-3H3,(H,9,10)/p-1. The predicted octanol–water partition coefficient (Wildman–Crippen LogP) is 1.29. The molecule has 0 aromatic rings. The third-order valence-corrected chi connectivity index (χ3v) is 2.61. The van der Waals surface area contributed by atoms with E-state index in [9.17, 15) is 8.76 Å². The third-order valence-electron chi connectivity index (χ3n) is 1.84. The molecule has 0 saturated carbocycles. The average Bonchev–Trinajstić information content (AvgIpc) is 1.98. The van der Waals surface area contributed by atoms with Gasteiger partial charge < -0.3 is 4.55 Å². The summed E-state index contributed by atoms with van der Waals surface area (Å²) in [7, 11) is 1.62. The van der Waals surface area contributed by atoms with Crippen LogP contribution in [0, 0.1) is 0 Å². The van der Waals surface area contributed by atoms with Crippen molar-refractivity contribution in [3.63, 3.8) is 0 Å². The highest BCUT2D eigenvalue weighted by Crippen LogP contribution is 2.09. The summed E-state index contributed by atoms with van der Waals surface area (Å²) in [6.07, 6.45) is 2.86. The molecule has 11 heavy (non-hydrogen) atoms. The fourth-order valence-corrected chi connectivity index (χ4v) is 1.60. The second kappa shape index (κ2) is 5.69. The zero-order chi connectivity index (χ0) is 8.85. The molecule has 0 heterocycles. The molecule has 4 heteroatoms. The highest BCUT2D eigenvalue weighted by Gasteiger charge is 2.10. The first-order valence-corrected chi connectivity index (χ1v) is 4.98. The lowest BCUT2D eigenvalue weighted by molar-refractivity contribution is 0.326. The summed E-state index contributed by atoms with van der Waals surface area (Å²) in [5.41, 5.74) is 0. The molecular weight excluding hydrogens is 162 g/mol. The smallest absolute Gasteiger partial charge is 0.0209 e. The van der Waals surface area contributed by atoms with Crippen molar-refractivity contribution in [3.05, 3.63) is 0 Å². The molecule has 0 radical (unpaired) electrons. The molecule has 68 valence electrons. The van der Waals surface area contributed by atoms with E-state index in [2.05, 4.69) is 6.92 Å². The van der Waals surface area contributed by atoms with Gasteiger partial charge in [-0.2, -0.15) is 0 Å². The van der Waals surface area contributed by atoms with Crippen LogP contribution in [-0.4, -0.2) is 26.2 Å². The molecule has 0 amide bonds. The summed E-state index contributed by atoms with van der Waals surface area (Å²) in [5, 5.41) is 0. The van der Waals surface area contributed by atoms with Crippen molar-refractivity contribution >= 4 is 11.3 Å². The van der Waals surface area contributed by atoms with Gasteiger partial charge in [0.15, 0.2) is 0 Å². The van der Waals surface area contributed by atoms with Crippen LogP contribution in [0.5, 0.6) is 0 Å². The van der Waals surface area contributed by atoms with Crippen LogP contribution >= 0.6 is 0 Å². The lowest BCUT2D eigenvalue weighted by Gasteiger charge is -2.27. The van der Waals surface area contributed by atoms with Crippen molar-refractivity contribution in [3.8, 4) is 0 Å². The Morgan fingerprint density at radius 2 is 2.09 bits per heavy atom. The summed E-state index contributed by atoms with van der Waals surface area (Å²) in [4.78, 5) is 0. The largest absolute Gasteiger partial charge is 0.760 e. The van der Waals surface area contributed by atoms with Crippen LogP contribution < -0.4 is 0 Å². The highest BCUT2D eigenvalue weighted by atomic mass is 32.2. The summed E-state index contributed by atoms with van der Waals surface area (Å²) in [6.45, 7) is 4.06. The second-order valence-corrected chi connectivity index (χ2v) is 3.62. The molecule has 3 nitrogen and oxygen atoms in total. The lowest BCUT2D eigenvalue weighted by atomic mass is 10.1. The van der Waals surface area contributed by atoms with Crippen molar-refractivity contribution in [1.29, 1.82) is 0 Å². The molecule has 2 atom stereocenters. The fourth-order valence-electron chi connectivity index (χ4n) is 1.10. The zero-order valence-electron chi connectivity index (χ0n) is 7.37. The van der Waals surface area contributed by atoms with Crippen LogP contribution in [0.4, 0.5) is 0 Å². The van der Waals surface area contributed by atoms with E-state index in [1.54, 1.807) is 7.05 Å². The van der Waals surface area contributed by atoms with E-state index >= 15 is 0 Å². The third kappa shape index (κ3) is 3.84. The minimum atomic E-state index is -2.06. The number of rotatable bonds is 5. The van der Waals surface area contributed by atoms with Gasteiger partial charge >= 0.3 is 0 Å². The Labute approximate surface area is 71.2 Å². The van der Waals surface area contributed by atoms with E-state index in [1.165, 1.54) is 4.31 Å². The van der Waals surface area contributed by atoms with Gasteiger partial charge in [0.25, 0.3) is 0 Å². The van der Waals surface area contributed by atoms with Crippen LogP contribution in [0.2, 0.25) is 0 Å². The van der Waals surface area contributed by atoms with E-state index < -0.39 is 11.3 Å². The topological polar surface area (TPSA) is 43.4 Å².